The third kappa shape index (κ3) is 9.53. The van der Waals surface area contributed by atoms with Gasteiger partial charge in [-0.1, -0.05) is 26.7 Å². The fourth-order valence-electron chi connectivity index (χ4n) is 1.82. The average Bonchev–Trinajstić information content (AvgIpc) is 2.23. The number of hydrogen-bond donors (Lipinski definition) is 4. The summed E-state index contributed by atoms with van der Waals surface area (Å²) in [5.74, 6) is -3.31. The van der Waals surface area contributed by atoms with Gasteiger partial charge in [-0.25, -0.2) is 0 Å². The predicted molar refractivity (Wildman–Crippen MR) is 67.2 cm³/mol. The van der Waals surface area contributed by atoms with E-state index in [0.29, 0.717) is 19.3 Å². The van der Waals surface area contributed by atoms with E-state index in [9.17, 15) is 20.4 Å². The van der Waals surface area contributed by atoms with E-state index in [2.05, 4.69) is 0 Å². The van der Waals surface area contributed by atoms with E-state index in [4.69, 9.17) is 0 Å². The molecule has 0 unspecified atom stereocenters. The molecule has 104 valence electrons. The van der Waals surface area contributed by atoms with Crippen LogP contribution in [0.3, 0.4) is 0 Å². The van der Waals surface area contributed by atoms with Gasteiger partial charge in [0, 0.05) is 25.7 Å². The molecule has 17 heavy (non-hydrogen) atoms. The molecule has 0 spiro atoms. The van der Waals surface area contributed by atoms with E-state index in [0.717, 1.165) is 25.7 Å². The van der Waals surface area contributed by atoms with Crippen molar-refractivity contribution in [3.8, 4) is 0 Å². The molecule has 0 aliphatic carbocycles. The lowest BCUT2D eigenvalue weighted by atomic mass is 9.97. The summed E-state index contributed by atoms with van der Waals surface area (Å²) in [7, 11) is 0. The second-order valence-corrected chi connectivity index (χ2v) is 5.03. The second-order valence-electron chi connectivity index (χ2n) is 5.03. The summed E-state index contributed by atoms with van der Waals surface area (Å²) in [6.07, 6.45) is 4.88. The highest BCUT2D eigenvalue weighted by molar-refractivity contribution is 4.69. The van der Waals surface area contributed by atoms with Crippen molar-refractivity contribution in [1.82, 2.24) is 0 Å². The van der Waals surface area contributed by atoms with Gasteiger partial charge in [-0.2, -0.15) is 0 Å². The molecule has 4 N–H and O–H groups in total. The zero-order valence-electron chi connectivity index (χ0n) is 11.2. The molecular weight excluding hydrogens is 220 g/mol. The van der Waals surface area contributed by atoms with Crippen LogP contribution in [0.1, 0.15) is 71.6 Å². The maximum absolute atomic E-state index is 9.61. The molecule has 0 aromatic carbocycles. The molecule has 4 heteroatoms. The largest absolute Gasteiger partial charge is 0.366 e. The van der Waals surface area contributed by atoms with Gasteiger partial charge in [0.2, 0.25) is 0 Å². The Morgan fingerprint density at radius 1 is 0.588 bits per heavy atom. The molecule has 0 radical (unpaired) electrons. The quantitative estimate of drug-likeness (QED) is 0.445. The van der Waals surface area contributed by atoms with Crippen LogP contribution in [0, 0.1) is 0 Å². The molecule has 0 saturated carbocycles. The highest BCUT2D eigenvalue weighted by Crippen LogP contribution is 2.23. The Labute approximate surface area is 104 Å². The minimum Gasteiger partial charge on any atom is -0.366 e. The van der Waals surface area contributed by atoms with Crippen molar-refractivity contribution in [3.63, 3.8) is 0 Å². The highest BCUT2D eigenvalue weighted by atomic mass is 16.5. The Hall–Kier alpha value is -0.160. The number of unbranched alkanes of at least 4 members (excludes halogenated alkanes) is 2. The lowest BCUT2D eigenvalue weighted by Crippen LogP contribution is -2.31. The van der Waals surface area contributed by atoms with E-state index < -0.39 is 11.6 Å². The third-order valence-electron chi connectivity index (χ3n) is 3.02. The van der Waals surface area contributed by atoms with Crippen molar-refractivity contribution in [2.24, 2.45) is 0 Å². The Kier molecular flexibility index (Phi) is 7.96. The minimum atomic E-state index is -1.66. The standard InChI is InChI=1S/C13H28O4/c1-3-5-8-12(14,15)10-7-11-13(16,17)9-6-4-2/h14-17H,3-11H2,1-2H3. The van der Waals surface area contributed by atoms with Crippen molar-refractivity contribution in [1.29, 1.82) is 0 Å². The number of aliphatic hydroxyl groups is 4. The SMILES string of the molecule is CCCCC(O)(O)CCCC(O)(O)CCCC. The van der Waals surface area contributed by atoms with Gasteiger partial charge >= 0.3 is 0 Å². The monoisotopic (exact) mass is 248 g/mol. The molecular formula is C13H28O4. The van der Waals surface area contributed by atoms with Crippen LogP contribution in [0.25, 0.3) is 0 Å². The lowest BCUT2D eigenvalue weighted by molar-refractivity contribution is -0.190. The first-order valence-corrected chi connectivity index (χ1v) is 6.72. The summed E-state index contributed by atoms with van der Waals surface area (Å²) in [5, 5.41) is 38.4. The fourth-order valence-corrected chi connectivity index (χ4v) is 1.82. The van der Waals surface area contributed by atoms with Gasteiger partial charge in [0.05, 0.1) is 0 Å². The van der Waals surface area contributed by atoms with E-state index in [1.54, 1.807) is 0 Å². The summed E-state index contributed by atoms with van der Waals surface area (Å²) >= 11 is 0. The normalized spacial score (nSPS) is 13.1. The van der Waals surface area contributed by atoms with Gasteiger partial charge in [-0.15, -0.1) is 0 Å². The molecule has 0 atom stereocenters. The van der Waals surface area contributed by atoms with Crippen LogP contribution in [0.15, 0.2) is 0 Å². The van der Waals surface area contributed by atoms with Crippen molar-refractivity contribution < 1.29 is 20.4 Å². The first-order chi connectivity index (χ1) is 7.83. The molecule has 0 aliphatic rings. The molecule has 4 nitrogen and oxygen atoms in total. The van der Waals surface area contributed by atoms with Crippen molar-refractivity contribution in [2.75, 3.05) is 0 Å². The predicted octanol–water partition coefficient (Wildman–Crippen LogP) is 1.90. The molecule has 0 aliphatic heterocycles. The zero-order chi connectivity index (χ0) is 13.4. The van der Waals surface area contributed by atoms with E-state index in [1.165, 1.54) is 0 Å². The topological polar surface area (TPSA) is 80.9 Å². The molecule has 0 aromatic rings. The van der Waals surface area contributed by atoms with E-state index >= 15 is 0 Å². The molecule has 0 rings (SSSR count). The molecule has 0 fully saturated rings. The number of hydrogen-bond acceptors (Lipinski definition) is 4. The summed E-state index contributed by atoms with van der Waals surface area (Å²) in [5.41, 5.74) is 0. The lowest BCUT2D eigenvalue weighted by Gasteiger charge is -2.25. The summed E-state index contributed by atoms with van der Waals surface area (Å²) in [6.45, 7) is 3.99. The second kappa shape index (κ2) is 8.03. The van der Waals surface area contributed by atoms with Gasteiger partial charge in [0.1, 0.15) is 0 Å². The molecule has 0 amide bonds. The fraction of sp³-hybridized carbons (Fsp3) is 1.00. The first-order valence-electron chi connectivity index (χ1n) is 6.72. The van der Waals surface area contributed by atoms with Crippen molar-refractivity contribution in [2.45, 2.75) is 83.2 Å². The van der Waals surface area contributed by atoms with Crippen molar-refractivity contribution in [3.05, 3.63) is 0 Å². The molecule has 0 aromatic heterocycles. The maximum Gasteiger partial charge on any atom is 0.162 e. The Bertz CT molecular complexity index is 170. The minimum absolute atomic E-state index is 0.196. The van der Waals surface area contributed by atoms with Crippen LogP contribution in [0.2, 0.25) is 0 Å². The van der Waals surface area contributed by atoms with Gasteiger partial charge in [0.25, 0.3) is 0 Å². The maximum atomic E-state index is 9.61. The van der Waals surface area contributed by atoms with Gasteiger partial charge in [-0.05, 0) is 19.3 Å². The first kappa shape index (κ1) is 16.8. The highest BCUT2D eigenvalue weighted by Gasteiger charge is 2.26. The smallest absolute Gasteiger partial charge is 0.162 e. The molecule has 0 heterocycles. The Balaban J connectivity index is 3.80. The zero-order valence-corrected chi connectivity index (χ0v) is 11.2. The number of rotatable bonds is 10. The van der Waals surface area contributed by atoms with Gasteiger partial charge < -0.3 is 20.4 Å². The molecule has 0 saturated heterocycles. The Morgan fingerprint density at radius 2 is 0.882 bits per heavy atom. The van der Waals surface area contributed by atoms with Crippen LogP contribution in [0.4, 0.5) is 0 Å². The summed E-state index contributed by atoms with van der Waals surface area (Å²) in [6, 6.07) is 0. The van der Waals surface area contributed by atoms with E-state index in [-0.39, 0.29) is 12.8 Å². The van der Waals surface area contributed by atoms with Crippen LogP contribution < -0.4 is 0 Å². The van der Waals surface area contributed by atoms with Crippen LogP contribution in [-0.4, -0.2) is 32.0 Å². The van der Waals surface area contributed by atoms with E-state index in [1.807, 2.05) is 13.8 Å². The summed E-state index contributed by atoms with van der Waals surface area (Å²) in [4.78, 5) is 0. The van der Waals surface area contributed by atoms with Crippen LogP contribution in [-0.2, 0) is 0 Å². The van der Waals surface area contributed by atoms with Crippen molar-refractivity contribution >= 4 is 0 Å². The average molecular weight is 248 g/mol. The summed E-state index contributed by atoms with van der Waals surface area (Å²) < 4.78 is 0. The van der Waals surface area contributed by atoms with Gasteiger partial charge in [-0.3, -0.25) is 0 Å². The third-order valence-corrected chi connectivity index (χ3v) is 3.02. The van der Waals surface area contributed by atoms with Crippen LogP contribution in [0.5, 0.6) is 0 Å². The van der Waals surface area contributed by atoms with Crippen LogP contribution >= 0.6 is 0 Å². The van der Waals surface area contributed by atoms with Gasteiger partial charge in [0.15, 0.2) is 11.6 Å². The molecule has 0 bridgehead atoms. The Morgan fingerprint density at radius 3 is 1.18 bits per heavy atom.